The quantitative estimate of drug-likeness (QED) is 0.932. The Balaban J connectivity index is 1.70. The van der Waals surface area contributed by atoms with E-state index in [0.717, 1.165) is 29.2 Å². The molecule has 2 N–H and O–H groups in total. The zero-order valence-corrected chi connectivity index (χ0v) is 11.3. The highest BCUT2D eigenvalue weighted by atomic mass is 35.5. The largest absolute Gasteiger partial charge is 0.488 e. The fourth-order valence-electron chi connectivity index (χ4n) is 2.50. The minimum Gasteiger partial charge on any atom is -0.488 e. The van der Waals surface area contributed by atoms with Gasteiger partial charge in [-0.25, -0.2) is 0 Å². The Labute approximate surface area is 118 Å². The van der Waals surface area contributed by atoms with Gasteiger partial charge in [-0.3, -0.25) is 0 Å². The molecule has 0 spiro atoms. The highest BCUT2D eigenvalue weighted by Crippen LogP contribution is 2.30. The lowest BCUT2D eigenvalue weighted by Crippen LogP contribution is -2.39. The second-order valence-corrected chi connectivity index (χ2v) is 5.33. The highest BCUT2D eigenvalue weighted by molar-refractivity contribution is 6.31. The maximum absolute atomic E-state index is 6.28. The number of fused-ring (bicyclic) bond motifs is 1. The summed E-state index contributed by atoms with van der Waals surface area (Å²) in [4.78, 5) is 0. The van der Waals surface area contributed by atoms with E-state index in [9.17, 15) is 0 Å². The van der Waals surface area contributed by atoms with Gasteiger partial charge in [0.2, 0.25) is 0 Å². The van der Waals surface area contributed by atoms with Crippen molar-refractivity contribution in [2.24, 2.45) is 5.73 Å². The van der Waals surface area contributed by atoms with E-state index in [0.29, 0.717) is 0 Å². The van der Waals surface area contributed by atoms with Crippen molar-refractivity contribution >= 4 is 11.6 Å². The van der Waals surface area contributed by atoms with Gasteiger partial charge in [-0.1, -0.05) is 48.0 Å². The molecular formula is C16H16ClNO. The van der Waals surface area contributed by atoms with Crippen molar-refractivity contribution in [2.45, 2.75) is 25.0 Å². The predicted octanol–water partition coefficient (Wildman–Crippen LogP) is 3.21. The summed E-state index contributed by atoms with van der Waals surface area (Å²) in [6, 6.07) is 15.9. The number of rotatable bonds is 3. The molecule has 3 heteroatoms. The van der Waals surface area contributed by atoms with Crippen LogP contribution in [0.3, 0.4) is 0 Å². The van der Waals surface area contributed by atoms with Gasteiger partial charge in [-0.15, -0.1) is 0 Å². The number of hydrogen-bond acceptors (Lipinski definition) is 2. The Bertz CT molecular complexity index is 559. The van der Waals surface area contributed by atoms with Crippen LogP contribution in [-0.2, 0) is 12.8 Å². The van der Waals surface area contributed by atoms with E-state index < -0.39 is 0 Å². The predicted molar refractivity (Wildman–Crippen MR) is 77.7 cm³/mol. The van der Waals surface area contributed by atoms with Crippen molar-refractivity contribution in [1.82, 2.24) is 0 Å². The van der Waals surface area contributed by atoms with E-state index in [-0.39, 0.29) is 12.1 Å². The molecule has 0 aromatic heterocycles. The van der Waals surface area contributed by atoms with Crippen LogP contribution in [0.25, 0.3) is 0 Å². The Morgan fingerprint density at radius 1 is 1.16 bits per heavy atom. The normalized spacial score (nSPS) is 18.7. The zero-order valence-electron chi connectivity index (χ0n) is 10.6. The van der Waals surface area contributed by atoms with E-state index in [4.69, 9.17) is 22.1 Å². The van der Waals surface area contributed by atoms with Gasteiger partial charge in [0.25, 0.3) is 0 Å². The van der Waals surface area contributed by atoms with Crippen LogP contribution in [0.2, 0.25) is 5.02 Å². The maximum Gasteiger partial charge on any atom is 0.123 e. The number of ether oxygens (including phenoxy) is 1. The zero-order chi connectivity index (χ0) is 13.2. The SMILES string of the molecule is NC(Cc1ccccc1Cl)C1Cc2ccccc2O1. The summed E-state index contributed by atoms with van der Waals surface area (Å²) in [5, 5.41) is 0.772. The highest BCUT2D eigenvalue weighted by Gasteiger charge is 2.28. The fourth-order valence-corrected chi connectivity index (χ4v) is 2.71. The summed E-state index contributed by atoms with van der Waals surface area (Å²) in [5.74, 6) is 0.960. The molecule has 0 saturated heterocycles. The second kappa shape index (κ2) is 5.24. The van der Waals surface area contributed by atoms with E-state index in [1.807, 2.05) is 42.5 Å². The maximum atomic E-state index is 6.28. The molecule has 19 heavy (non-hydrogen) atoms. The average Bonchev–Trinajstić information content (AvgIpc) is 2.85. The van der Waals surface area contributed by atoms with Crippen LogP contribution in [0.5, 0.6) is 5.75 Å². The number of para-hydroxylation sites is 1. The van der Waals surface area contributed by atoms with Crippen molar-refractivity contribution in [2.75, 3.05) is 0 Å². The van der Waals surface area contributed by atoms with E-state index in [2.05, 4.69) is 6.07 Å². The van der Waals surface area contributed by atoms with Gasteiger partial charge >= 0.3 is 0 Å². The van der Waals surface area contributed by atoms with Crippen molar-refractivity contribution < 1.29 is 4.74 Å². The van der Waals surface area contributed by atoms with Gasteiger partial charge in [0.1, 0.15) is 11.9 Å². The van der Waals surface area contributed by atoms with Crippen molar-refractivity contribution in [3.63, 3.8) is 0 Å². The molecular weight excluding hydrogens is 258 g/mol. The van der Waals surface area contributed by atoms with Gasteiger partial charge in [-0.2, -0.15) is 0 Å². The van der Waals surface area contributed by atoms with Crippen molar-refractivity contribution in [3.8, 4) is 5.75 Å². The summed E-state index contributed by atoms with van der Waals surface area (Å²) in [6.07, 6.45) is 1.65. The molecule has 2 aromatic rings. The van der Waals surface area contributed by atoms with Crippen LogP contribution in [0.15, 0.2) is 48.5 Å². The molecule has 0 aliphatic carbocycles. The number of hydrogen-bond donors (Lipinski definition) is 1. The topological polar surface area (TPSA) is 35.2 Å². The average molecular weight is 274 g/mol. The summed E-state index contributed by atoms with van der Waals surface area (Å²) in [7, 11) is 0. The third kappa shape index (κ3) is 2.60. The third-order valence-corrected chi connectivity index (χ3v) is 3.93. The first-order valence-electron chi connectivity index (χ1n) is 6.47. The molecule has 0 saturated carbocycles. The lowest BCUT2D eigenvalue weighted by molar-refractivity contribution is 0.198. The lowest BCUT2D eigenvalue weighted by Gasteiger charge is -2.19. The first-order valence-corrected chi connectivity index (χ1v) is 6.85. The fraction of sp³-hybridized carbons (Fsp3) is 0.250. The number of nitrogens with two attached hydrogens (primary N) is 1. The van der Waals surface area contributed by atoms with Crippen LogP contribution in [0, 0.1) is 0 Å². The van der Waals surface area contributed by atoms with Crippen LogP contribution in [0.1, 0.15) is 11.1 Å². The van der Waals surface area contributed by atoms with Crippen LogP contribution < -0.4 is 10.5 Å². The van der Waals surface area contributed by atoms with Gasteiger partial charge in [0.15, 0.2) is 0 Å². The molecule has 2 nitrogen and oxygen atoms in total. The molecule has 2 atom stereocenters. The molecule has 1 aliphatic rings. The molecule has 2 unspecified atom stereocenters. The molecule has 2 aromatic carbocycles. The Morgan fingerprint density at radius 3 is 2.68 bits per heavy atom. The molecule has 98 valence electrons. The summed E-state index contributed by atoms with van der Waals surface area (Å²) >= 11 is 6.17. The minimum absolute atomic E-state index is 0.0358. The van der Waals surface area contributed by atoms with Gasteiger partial charge in [0, 0.05) is 17.5 Å². The Morgan fingerprint density at radius 2 is 1.89 bits per heavy atom. The van der Waals surface area contributed by atoms with E-state index >= 15 is 0 Å². The summed E-state index contributed by atoms with van der Waals surface area (Å²) in [6.45, 7) is 0. The first kappa shape index (κ1) is 12.5. The van der Waals surface area contributed by atoms with Crippen molar-refractivity contribution in [3.05, 3.63) is 64.7 Å². The summed E-state index contributed by atoms with van der Waals surface area (Å²) in [5.41, 5.74) is 8.59. The molecule has 0 radical (unpaired) electrons. The molecule has 1 heterocycles. The van der Waals surface area contributed by atoms with E-state index in [1.54, 1.807) is 0 Å². The number of benzene rings is 2. The van der Waals surface area contributed by atoms with Crippen molar-refractivity contribution in [1.29, 1.82) is 0 Å². The minimum atomic E-state index is -0.0488. The molecule has 1 aliphatic heterocycles. The summed E-state index contributed by atoms with van der Waals surface area (Å²) < 4.78 is 5.91. The Kier molecular flexibility index (Phi) is 3.45. The monoisotopic (exact) mass is 273 g/mol. The van der Waals surface area contributed by atoms with E-state index in [1.165, 1.54) is 5.56 Å². The molecule has 3 rings (SSSR count). The van der Waals surface area contributed by atoms with Gasteiger partial charge in [-0.05, 0) is 29.7 Å². The Hall–Kier alpha value is -1.51. The van der Waals surface area contributed by atoms with Crippen LogP contribution >= 0.6 is 11.6 Å². The van der Waals surface area contributed by atoms with Crippen LogP contribution in [0.4, 0.5) is 0 Å². The standard InChI is InChI=1S/C16H16ClNO/c17-13-7-3-1-5-11(13)9-14(18)16-10-12-6-2-4-8-15(12)19-16/h1-8,14,16H,9-10,18H2. The molecule has 0 bridgehead atoms. The van der Waals surface area contributed by atoms with Gasteiger partial charge < -0.3 is 10.5 Å². The second-order valence-electron chi connectivity index (χ2n) is 4.93. The smallest absolute Gasteiger partial charge is 0.123 e. The first-order chi connectivity index (χ1) is 9.24. The van der Waals surface area contributed by atoms with Crippen LogP contribution in [-0.4, -0.2) is 12.1 Å². The lowest BCUT2D eigenvalue weighted by atomic mass is 9.99. The number of halogens is 1. The third-order valence-electron chi connectivity index (χ3n) is 3.56. The molecule has 0 fully saturated rings. The van der Waals surface area contributed by atoms with Gasteiger partial charge in [0.05, 0.1) is 0 Å². The molecule has 0 amide bonds.